The predicted octanol–water partition coefficient (Wildman–Crippen LogP) is 2.59. The van der Waals surface area contributed by atoms with Crippen LogP contribution in [0.5, 0.6) is 0 Å². The van der Waals surface area contributed by atoms with Crippen LogP contribution >= 0.6 is 23.2 Å². The lowest BCUT2D eigenvalue weighted by atomic mass is 10.2. The Balaban J connectivity index is 2.14. The molecule has 1 aromatic rings. The zero-order valence-corrected chi connectivity index (χ0v) is 13.4. The molecular weight excluding hydrogens is 297 g/mol. The minimum atomic E-state index is 0.422. The van der Waals surface area contributed by atoms with Gasteiger partial charge in [-0.25, -0.2) is 10.8 Å². The molecule has 0 amide bonds. The summed E-state index contributed by atoms with van der Waals surface area (Å²) < 4.78 is 0. The van der Waals surface area contributed by atoms with Crippen LogP contribution in [0, 0.1) is 0 Å². The van der Waals surface area contributed by atoms with Crippen molar-refractivity contribution < 1.29 is 0 Å². The van der Waals surface area contributed by atoms with E-state index in [1.165, 1.54) is 19.4 Å². The van der Waals surface area contributed by atoms with Crippen LogP contribution in [-0.4, -0.2) is 42.6 Å². The summed E-state index contributed by atoms with van der Waals surface area (Å²) in [6.07, 6.45) is 2.47. The molecule has 0 spiro atoms. The zero-order valence-electron chi connectivity index (χ0n) is 11.9. The molecule has 0 aromatic carbocycles. The fourth-order valence-corrected chi connectivity index (χ4v) is 3.30. The molecule has 3 N–H and O–H groups in total. The van der Waals surface area contributed by atoms with Crippen LogP contribution < -0.4 is 16.2 Å². The quantitative estimate of drug-likeness (QED) is 0.645. The number of rotatable bonds is 5. The summed E-state index contributed by atoms with van der Waals surface area (Å²) in [7, 11) is 1.99. The van der Waals surface area contributed by atoms with Gasteiger partial charge in [-0.1, -0.05) is 30.1 Å². The van der Waals surface area contributed by atoms with E-state index in [4.69, 9.17) is 29.0 Å². The fraction of sp³-hybridized carbons (Fsp3) is 0.615. The van der Waals surface area contributed by atoms with E-state index in [0.717, 1.165) is 13.1 Å². The Labute approximate surface area is 130 Å². The van der Waals surface area contributed by atoms with Gasteiger partial charge in [-0.2, -0.15) is 0 Å². The van der Waals surface area contributed by atoms with Gasteiger partial charge in [0.1, 0.15) is 5.82 Å². The normalized spacial score (nSPS) is 19.4. The van der Waals surface area contributed by atoms with Gasteiger partial charge in [0.25, 0.3) is 0 Å². The van der Waals surface area contributed by atoms with E-state index >= 15 is 0 Å². The third kappa shape index (κ3) is 3.28. The highest BCUT2D eigenvalue weighted by Gasteiger charge is 2.25. The lowest BCUT2D eigenvalue weighted by Crippen LogP contribution is -2.39. The molecule has 1 aliphatic rings. The van der Waals surface area contributed by atoms with Crippen molar-refractivity contribution in [1.29, 1.82) is 0 Å². The summed E-state index contributed by atoms with van der Waals surface area (Å²) in [6, 6.07) is 2.22. The smallest absolute Gasteiger partial charge is 0.161 e. The molecule has 7 heteroatoms. The van der Waals surface area contributed by atoms with Gasteiger partial charge in [-0.15, -0.1) is 0 Å². The Morgan fingerprint density at radius 1 is 1.50 bits per heavy atom. The van der Waals surface area contributed by atoms with E-state index in [0.29, 0.717) is 27.7 Å². The summed E-state index contributed by atoms with van der Waals surface area (Å²) in [5.41, 5.74) is 2.49. The van der Waals surface area contributed by atoms with Gasteiger partial charge in [-0.3, -0.25) is 4.90 Å². The molecule has 0 bridgehead atoms. The first-order valence-electron chi connectivity index (χ1n) is 6.84. The van der Waals surface area contributed by atoms with Crippen molar-refractivity contribution in [3.05, 3.63) is 16.1 Å². The monoisotopic (exact) mass is 317 g/mol. The van der Waals surface area contributed by atoms with Gasteiger partial charge >= 0.3 is 0 Å². The van der Waals surface area contributed by atoms with E-state index in [2.05, 4.69) is 27.1 Å². The summed E-state index contributed by atoms with van der Waals surface area (Å²) in [5.74, 6) is 6.55. The van der Waals surface area contributed by atoms with Crippen molar-refractivity contribution in [2.75, 3.05) is 37.0 Å². The molecule has 1 aromatic heterocycles. The van der Waals surface area contributed by atoms with Gasteiger partial charge in [0.05, 0.1) is 10.0 Å². The number of likely N-dealkylation sites (tertiary alicyclic amines) is 1. The molecule has 20 heavy (non-hydrogen) atoms. The number of likely N-dealkylation sites (N-methyl/N-ethyl adjacent to an activating group) is 2. The molecule has 1 aliphatic heterocycles. The topological polar surface area (TPSA) is 57.4 Å². The number of nitrogens with two attached hydrogens (primary N) is 1. The molecule has 2 heterocycles. The lowest BCUT2D eigenvalue weighted by Gasteiger charge is -2.29. The molecule has 2 rings (SSSR count). The Hall–Kier alpha value is -0.750. The maximum Gasteiger partial charge on any atom is 0.161 e. The number of hydrogen-bond acceptors (Lipinski definition) is 5. The Kier molecular flexibility index (Phi) is 5.32. The SMILES string of the molecule is CCN1CCCC1CN(C)c1nc(NN)c(Cl)cc1Cl. The molecular formula is C13H21Cl2N5. The first kappa shape index (κ1) is 15.6. The van der Waals surface area contributed by atoms with Gasteiger partial charge in [0.15, 0.2) is 5.82 Å². The van der Waals surface area contributed by atoms with Crippen LogP contribution in [0.15, 0.2) is 6.07 Å². The van der Waals surface area contributed by atoms with Crippen LogP contribution in [0.4, 0.5) is 11.6 Å². The molecule has 1 fully saturated rings. The second-order valence-electron chi connectivity index (χ2n) is 5.07. The number of nitrogens with one attached hydrogen (secondary N) is 1. The first-order chi connectivity index (χ1) is 9.56. The number of anilines is 2. The van der Waals surface area contributed by atoms with Crippen molar-refractivity contribution in [2.24, 2.45) is 5.84 Å². The largest absolute Gasteiger partial charge is 0.357 e. The number of nitrogens with zero attached hydrogens (tertiary/aromatic N) is 3. The van der Waals surface area contributed by atoms with Crippen molar-refractivity contribution in [3.63, 3.8) is 0 Å². The van der Waals surface area contributed by atoms with Crippen molar-refractivity contribution in [2.45, 2.75) is 25.8 Å². The number of hydrazine groups is 1. The molecule has 1 atom stereocenters. The third-order valence-electron chi connectivity index (χ3n) is 3.80. The molecule has 5 nitrogen and oxygen atoms in total. The fourth-order valence-electron chi connectivity index (χ4n) is 2.75. The Morgan fingerprint density at radius 3 is 2.90 bits per heavy atom. The average Bonchev–Trinajstić information content (AvgIpc) is 2.86. The summed E-state index contributed by atoms with van der Waals surface area (Å²) in [4.78, 5) is 8.95. The van der Waals surface area contributed by atoms with Crippen LogP contribution in [0.3, 0.4) is 0 Å². The summed E-state index contributed by atoms with van der Waals surface area (Å²) in [5, 5.41) is 0.961. The highest BCUT2D eigenvalue weighted by atomic mass is 35.5. The number of halogens is 2. The molecule has 0 radical (unpaired) electrons. The Morgan fingerprint density at radius 2 is 2.25 bits per heavy atom. The molecule has 0 saturated carbocycles. The van der Waals surface area contributed by atoms with E-state index in [1.54, 1.807) is 6.07 Å². The zero-order chi connectivity index (χ0) is 14.7. The summed E-state index contributed by atoms with van der Waals surface area (Å²) in [6.45, 7) is 5.34. The lowest BCUT2D eigenvalue weighted by molar-refractivity contribution is 0.270. The molecule has 1 unspecified atom stereocenters. The van der Waals surface area contributed by atoms with Crippen molar-refractivity contribution in [1.82, 2.24) is 9.88 Å². The first-order valence-corrected chi connectivity index (χ1v) is 7.60. The van der Waals surface area contributed by atoms with E-state index in [9.17, 15) is 0 Å². The second kappa shape index (κ2) is 6.80. The number of nitrogen functional groups attached to an aromatic ring is 1. The minimum absolute atomic E-state index is 0.422. The highest BCUT2D eigenvalue weighted by Crippen LogP contribution is 2.31. The summed E-state index contributed by atoms with van der Waals surface area (Å²) >= 11 is 12.2. The maximum absolute atomic E-state index is 6.24. The standard InChI is InChI=1S/C13H21Cl2N5/c1-3-20-6-4-5-9(20)8-19(2)13-11(15)7-10(14)12(17-13)18-16/h7,9H,3-6,8,16H2,1-2H3,(H,17,18). The highest BCUT2D eigenvalue weighted by molar-refractivity contribution is 6.37. The minimum Gasteiger partial charge on any atom is -0.357 e. The van der Waals surface area contributed by atoms with Crippen molar-refractivity contribution >= 4 is 34.8 Å². The van der Waals surface area contributed by atoms with Gasteiger partial charge in [-0.05, 0) is 32.0 Å². The van der Waals surface area contributed by atoms with E-state index in [1.807, 2.05) is 7.05 Å². The van der Waals surface area contributed by atoms with Crippen LogP contribution in [-0.2, 0) is 0 Å². The van der Waals surface area contributed by atoms with Gasteiger partial charge in [0, 0.05) is 19.6 Å². The van der Waals surface area contributed by atoms with Crippen LogP contribution in [0.25, 0.3) is 0 Å². The molecule has 1 saturated heterocycles. The van der Waals surface area contributed by atoms with E-state index < -0.39 is 0 Å². The second-order valence-corrected chi connectivity index (χ2v) is 5.89. The number of pyridine rings is 1. The number of hydrogen-bond donors (Lipinski definition) is 2. The molecule has 0 aliphatic carbocycles. The maximum atomic E-state index is 6.24. The Bertz CT molecular complexity index is 468. The van der Waals surface area contributed by atoms with Gasteiger partial charge < -0.3 is 10.3 Å². The van der Waals surface area contributed by atoms with Crippen molar-refractivity contribution in [3.8, 4) is 0 Å². The van der Waals surface area contributed by atoms with Gasteiger partial charge in [0.2, 0.25) is 0 Å². The molecule has 112 valence electrons. The third-order valence-corrected chi connectivity index (χ3v) is 4.37. The van der Waals surface area contributed by atoms with Crippen LogP contribution in [0.1, 0.15) is 19.8 Å². The number of aromatic nitrogens is 1. The van der Waals surface area contributed by atoms with E-state index in [-0.39, 0.29) is 0 Å². The van der Waals surface area contributed by atoms with Crippen LogP contribution in [0.2, 0.25) is 10.0 Å². The predicted molar refractivity (Wildman–Crippen MR) is 85.6 cm³/mol. The average molecular weight is 318 g/mol.